The SMILES string of the molecule is O=C(Nc1ccc(NC(=O)C2CC2)nc1)c1ccc(=O)[nH]c1. The third-order valence-electron chi connectivity index (χ3n) is 3.27. The average molecular weight is 298 g/mol. The molecule has 7 nitrogen and oxygen atoms in total. The van der Waals surface area contributed by atoms with Crippen LogP contribution in [0, 0.1) is 5.92 Å². The van der Waals surface area contributed by atoms with Crippen LogP contribution in [-0.2, 0) is 4.79 Å². The van der Waals surface area contributed by atoms with Crippen LogP contribution in [0.5, 0.6) is 0 Å². The largest absolute Gasteiger partial charge is 0.328 e. The van der Waals surface area contributed by atoms with E-state index < -0.39 is 0 Å². The van der Waals surface area contributed by atoms with Crippen molar-refractivity contribution in [2.75, 3.05) is 10.6 Å². The molecule has 0 saturated heterocycles. The number of carbonyl (C=O) groups excluding carboxylic acids is 2. The zero-order valence-electron chi connectivity index (χ0n) is 11.6. The van der Waals surface area contributed by atoms with E-state index in [1.54, 1.807) is 12.1 Å². The predicted molar refractivity (Wildman–Crippen MR) is 80.6 cm³/mol. The van der Waals surface area contributed by atoms with Gasteiger partial charge in [-0.2, -0.15) is 0 Å². The summed E-state index contributed by atoms with van der Waals surface area (Å²) in [5, 5.41) is 5.38. The van der Waals surface area contributed by atoms with Gasteiger partial charge in [-0.15, -0.1) is 0 Å². The van der Waals surface area contributed by atoms with Crippen molar-refractivity contribution in [2.24, 2.45) is 5.92 Å². The molecule has 0 radical (unpaired) electrons. The van der Waals surface area contributed by atoms with Crippen molar-refractivity contribution < 1.29 is 9.59 Å². The number of hydrogen-bond acceptors (Lipinski definition) is 4. The van der Waals surface area contributed by atoms with Gasteiger partial charge in [-0.05, 0) is 31.0 Å². The summed E-state index contributed by atoms with van der Waals surface area (Å²) in [6.07, 6.45) is 4.67. The fourth-order valence-electron chi connectivity index (χ4n) is 1.87. The van der Waals surface area contributed by atoms with E-state index in [2.05, 4.69) is 20.6 Å². The number of H-pyrrole nitrogens is 1. The minimum atomic E-state index is -0.354. The van der Waals surface area contributed by atoms with Crippen LogP contribution in [0.15, 0.2) is 41.5 Å². The van der Waals surface area contributed by atoms with E-state index in [9.17, 15) is 14.4 Å². The normalized spacial score (nSPS) is 13.5. The van der Waals surface area contributed by atoms with Crippen molar-refractivity contribution in [1.82, 2.24) is 9.97 Å². The molecule has 0 spiro atoms. The maximum absolute atomic E-state index is 12.0. The Bertz CT molecular complexity index is 743. The Morgan fingerprint density at radius 3 is 2.55 bits per heavy atom. The van der Waals surface area contributed by atoms with Gasteiger partial charge in [-0.25, -0.2) is 4.98 Å². The number of aromatic amines is 1. The molecule has 112 valence electrons. The van der Waals surface area contributed by atoms with Crippen LogP contribution in [0.25, 0.3) is 0 Å². The smallest absolute Gasteiger partial charge is 0.257 e. The molecule has 0 unspecified atom stereocenters. The Morgan fingerprint density at radius 1 is 1.14 bits per heavy atom. The standard InChI is InChI=1S/C15H14N4O3/c20-13-6-3-10(7-17-13)15(22)18-11-4-5-12(16-8-11)19-14(21)9-1-2-9/h3-9H,1-2H2,(H,17,20)(H,18,22)(H,16,19,21). The maximum Gasteiger partial charge on any atom is 0.257 e. The van der Waals surface area contributed by atoms with Crippen molar-refractivity contribution >= 4 is 23.3 Å². The van der Waals surface area contributed by atoms with Gasteiger partial charge in [-0.1, -0.05) is 0 Å². The molecular formula is C15H14N4O3. The summed E-state index contributed by atoms with van der Waals surface area (Å²) in [7, 11) is 0. The van der Waals surface area contributed by atoms with Crippen molar-refractivity contribution in [2.45, 2.75) is 12.8 Å². The summed E-state index contributed by atoms with van der Waals surface area (Å²) >= 11 is 0. The maximum atomic E-state index is 12.0. The van der Waals surface area contributed by atoms with Gasteiger partial charge in [0.2, 0.25) is 11.5 Å². The lowest BCUT2D eigenvalue weighted by Crippen LogP contribution is -2.16. The molecule has 0 aliphatic heterocycles. The second-order valence-electron chi connectivity index (χ2n) is 5.09. The van der Waals surface area contributed by atoms with Gasteiger partial charge in [0.05, 0.1) is 17.4 Å². The number of nitrogens with zero attached hydrogens (tertiary/aromatic N) is 1. The number of carbonyl (C=O) groups is 2. The minimum Gasteiger partial charge on any atom is -0.328 e. The molecule has 0 bridgehead atoms. The Hall–Kier alpha value is -2.96. The highest BCUT2D eigenvalue weighted by atomic mass is 16.2. The van der Waals surface area contributed by atoms with Gasteiger partial charge in [0.25, 0.3) is 5.91 Å². The Morgan fingerprint density at radius 2 is 1.95 bits per heavy atom. The molecule has 3 rings (SSSR count). The van der Waals surface area contributed by atoms with E-state index in [0.29, 0.717) is 17.1 Å². The van der Waals surface area contributed by atoms with Gasteiger partial charge < -0.3 is 15.6 Å². The topological polar surface area (TPSA) is 104 Å². The fraction of sp³-hybridized carbons (Fsp3) is 0.200. The lowest BCUT2D eigenvalue weighted by Gasteiger charge is -2.06. The van der Waals surface area contributed by atoms with Crippen molar-refractivity contribution in [3.8, 4) is 0 Å². The Kier molecular flexibility index (Phi) is 3.69. The number of nitrogens with one attached hydrogen (secondary N) is 3. The molecule has 0 atom stereocenters. The third-order valence-corrected chi connectivity index (χ3v) is 3.27. The van der Waals surface area contributed by atoms with Crippen LogP contribution in [0.3, 0.4) is 0 Å². The molecule has 22 heavy (non-hydrogen) atoms. The molecule has 7 heteroatoms. The fourth-order valence-corrected chi connectivity index (χ4v) is 1.87. The van der Waals surface area contributed by atoms with Crippen LogP contribution in [-0.4, -0.2) is 21.8 Å². The molecule has 0 aromatic carbocycles. The summed E-state index contributed by atoms with van der Waals surface area (Å²) in [5.74, 6) is 0.200. The number of amides is 2. The molecule has 1 aliphatic rings. The van der Waals surface area contributed by atoms with Crippen LogP contribution >= 0.6 is 0 Å². The van der Waals surface area contributed by atoms with Crippen LogP contribution in [0.4, 0.5) is 11.5 Å². The second-order valence-corrected chi connectivity index (χ2v) is 5.09. The van der Waals surface area contributed by atoms with Crippen molar-refractivity contribution in [3.05, 3.63) is 52.6 Å². The Labute approximate surface area is 125 Å². The first-order chi connectivity index (χ1) is 10.6. The summed E-state index contributed by atoms with van der Waals surface area (Å²) in [6.45, 7) is 0. The van der Waals surface area contributed by atoms with E-state index >= 15 is 0 Å². The van der Waals surface area contributed by atoms with E-state index in [1.807, 2.05) is 0 Å². The van der Waals surface area contributed by atoms with Crippen LogP contribution < -0.4 is 16.2 Å². The molecular weight excluding hydrogens is 284 g/mol. The number of aromatic nitrogens is 2. The van der Waals surface area contributed by atoms with Gasteiger partial charge in [0.1, 0.15) is 5.82 Å². The van der Waals surface area contributed by atoms with Gasteiger partial charge in [0.15, 0.2) is 0 Å². The summed E-state index contributed by atoms with van der Waals surface area (Å²) in [5.41, 5.74) is 0.570. The zero-order chi connectivity index (χ0) is 15.5. The molecule has 2 aromatic heterocycles. The summed E-state index contributed by atoms with van der Waals surface area (Å²) in [6, 6.07) is 6.00. The molecule has 2 amide bonds. The average Bonchev–Trinajstić information content (AvgIpc) is 3.34. The number of hydrogen-bond donors (Lipinski definition) is 3. The molecule has 1 aliphatic carbocycles. The highest BCUT2D eigenvalue weighted by Crippen LogP contribution is 2.29. The van der Waals surface area contributed by atoms with Gasteiger partial charge >= 0.3 is 0 Å². The first kappa shape index (κ1) is 14.0. The molecule has 2 aromatic rings. The van der Waals surface area contributed by atoms with Crippen molar-refractivity contribution in [1.29, 1.82) is 0 Å². The summed E-state index contributed by atoms with van der Waals surface area (Å²) in [4.78, 5) is 41.0. The Balaban J connectivity index is 1.62. The third kappa shape index (κ3) is 3.38. The quantitative estimate of drug-likeness (QED) is 0.793. The van der Waals surface area contributed by atoms with Gasteiger partial charge in [0, 0.05) is 18.2 Å². The zero-order valence-corrected chi connectivity index (χ0v) is 11.6. The monoisotopic (exact) mass is 298 g/mol. The van der Waals surface area contributed by atoms with E-state index in [0.717, 1.165) is 12.8 Å². The minimum absolute atomic E-state index is 0.0162. The number of rotatable bonds is 4. The molecule has 2 heterocycles. The van der Waals surface area contributed by atoms with Crippen LogP contribution in [0.1, 0.15) is 23.2 Å². The lowest BCUT2D eigenvalue weighted by molar-refractivity contribution is -0.117. The van der Waals surface area contributed by atoms with E-state index in [-0.39, 0.29) is 23.3 Å². The highest BCUT2D eigenvalue weighted by Gasteiger charge is 2.29. The molecule has 1 saturated carbocycles. The first-order valence-electron chi connectivity index (χ1n) is 6.89. The number of anilines is 2. The predicted octanol–water partition coefficient (Wildman–Crippen LogP) is 1.37. The number of pyridine rings is 2. The van der Waals surface area contributed by atoms with Crippen LogP contribution in [0.2, 0.25) is 0 Å². The second kappa shape index (κ2) is 5.80. The highest BCUT2D eigenvalue weighted by molar-refractivity contribution is 6.04. The first-order valence-corrected chi connectivity index (χ1v) is 6.89. The van der Waals surface area contributed by atoms with E-state index in [1.165, 1.54) is 24.5 Å². The van der Waals surface area contributed by atoms with Gasteiger partial charge in [-0.3, -0.25) is 14.4 Å². The summed E-state index contributed by atoms with van der Waals surface area (Å²) < 4.78 is 0. The van der Waals surface area contributed by atoms with Crippen molar-refractivity contribution in [3.63, 3.8) is 0 Å². The van der Waals surface area contributed by atoms with E-state index in [4.69, 9.17) is 0 Å². The molecule has 3 N–H and O–H groups in total. The molecule has 1 fully saturated rings. The lowest BCUT2D eigenvalue weighted by atomic mass is 10.2.